The van der Waals surface area contributed by atoms with E-state index >= 15 is 0 Å². The molecule has 0 aliphatic carbocycles. The third-order valence-electron chi connectivity index (χ3n) is 3.14. The van der Waals surface area contributed by atoms with Gasteiger partial charge in [0.05, 0.1) is 11.5 Å². The Bertz CT molecular complexity index is 502. The van der Waals surface area contributed by atoms with Crippen molar-refractivity contribution in [3.8, 4) is 0 Å². The summed E-state index contributed by atoms with van der Waals surface area (Å²) in [5.74, 6) is 1.38. The summed E-state index contributed by atoms with van der Waals surface area (Å²) in [5.41, 5.74) is 6.69. The molecule has 1 aliphatic heterocycles. The number of pyridine rings is 1. The number of hydrogen-bond donors (Lipinski definition) is 1. The Labute approximate surface area is 108 Å². The van der Waals surface area contributed by atoms with Crippen LogP contribution in [0.5, 0.6) is 0 Å². The SMILES string of the molecule is NCCc1cccnc1N1CCCS(=O)(=O)CC1. The van der Waals surface area contributed by atoms with Gasteiger partial charge in [-0.15, -0.1) is 0 Å². The van der Waals surface area contributed by atoms with Crippen LogP contribution >= 0.6 is 0 Å². The lowest BCUT2D eigenvalue weighted by molar-refractivity contribution is 0.597. The predicted octanol–water partition coefficient (Wildman–Crippen LogP) is 0.208. The van der Waals surface area contributed by atoms with E-state index in [1.807, 2.05) is 12.1 Å². The molecule has 1 aliphatic rings. The van der Waals surface area contributed by atoms with Gasteiger partial charge in [0.15, 0.2) is 9.84 Å². The third kappa shape index (κ3) is 3.20. The van der Waals surface area contributed by atoms with Gasteiger partial charge in [0.25, 0.3) is 0 Å². The van der Waals surface area contributed by atoms with Crippen molar-refractivity contribution in [2.24, 2.45) is 5.73 Å². The van der Waals surface area contributed by atoms with Gasteiger partial charge in [0.1, 0.15) is 5.82 Å². The largest absolute Gasteiger partial charge is 0.355 e. The maximum atomic E-state index is 11.6. The Kier molecular flexibility index (Phi) is 4.19. The summed E-state index contributed by atoms with van der Waals surface area (Å²) in [4.78, 5) is 6.45. The lowest BCUT2D eigenvalue weighted by Crippen LogP contribution is -2.29. The van der Waals surface area contributed by atoms with Crippen molar-refractivity contribution >= 4 is 15.7 Å². The van der Waals surface area contributed by atoms with Crippen LogP contribution in [-0.2, 0) is 16.3 Å². The van der Waals surface area contributed by atoms with Crippen LogP contribution in [-0.4, -0.2) is 44.5 Å². The summed E-state index contributed by atoms with van der Waals surface area (Å²) in [6.45, 7) is 1.84. The Hall–Kier alpha value is -1.14. The molecule has 0 radical (unpaired) electrons. The van der Waals surface area contributed by atoms with Crippen LogP contribution in [0.4, 0.5) is 5.82 Å². The van der Waals surface area contributed by atoms with Crippen molar-refractivity contribution in [1.29, 1.82) is 0 Å². The first-order valence-corrected chi connectivity index (χ1v) is 8.04. The van der Waals surface area contributed by atoms with Crippen molar-refractivity contribution in [3.05, 3.63) is 23.9 Å². The summed E-state index contributed by atoms with van der Waals surface area (Å²) in [7, 11) is -2.88. The van der Waals surface area contributed by atoms with E-state index in [1.54, 1.807) is 6.20 Å². The zero-order valence-electron chi connectivity index (χ0n) is 10.4. The molecule has 100 valence electrons. The molecule has 5 nitrogen and oxygen atoms in total. The van der Waals surface area contributed by atoms with Crippen molar-refractivity contribution < 1.29 is 8.42 Å². The normalized spacial score (nSPS) is 19.5. The van der Waals surface area contributed by atoms with E-state index < -0.39 is 9.84 Å². The first-order chi connectivity index (χ1) is 8.62. The van der Waals surface area contributed by atoms with Crippen molar-refractivity contribution in [3.63, 3.8) is 0 Å². The molecule has 6 heteroatoms. The highest BCUT2D eigenvalue weighted by atomic mass is 32.2. The van der Waals surface area contributed by atoms with Gasteiger partial charge in [-0.1, -0.05) is 6.07 Å². The second kappa shape index (κ2) is 5.67. The van der Waals surface area contributed by atoms with E-state index in [1.165, 1.54) is 0 Å². The smallest absolute Gasteiger partial charge is 0.152 e. The lowest BCUT2D eigenvalue weighted by Gasteiger charge is -2.23. The highest BCUT2D eigenvalue weighted by Gasteiger charge is 2.21. The second-order valence-corrected chi connectivity index (χ2v) is 6.82. The van der Waals surface area contributed by atoms with Crippen LogP contribution < -0.4 is 10.6 Å². The van der Waals surface area contributed by atoms with E-state index in [-0.39, 0.29) is 11.5 Å². The average Bonchev–Trinajstić information content (AvgIpc) is 2.52. The van der Waals surface area contributed by atoms with E-state index in [2.05, 4.69) is 9.88 Å². The predicted molar refractivity (Wildman–Crippen MR) is 72.5 cm³/mol. The molecule has 0 spiro atoms. The van der Waals surface area contributed by atoms with Crippen LogP contribution in [0.25, 0.3) is 0 Å². The monoisotopic (exact) mass is 269 g/mol. The molecule has 0 amide bonds. The molecule has 0 atom stereocenters. The molecule has 1 aromatic rings. The van der Waals surface area contributed by atoms with Crippen molar-refractivity contribution in [2.75, 3.05) is 36.0 Å². The van der Waals surface area contributed by atoms with Crippen molar-refractivity contribution in [1.82, 2.24) is 4.98 Å². The summed E-state index contributed by atoms with van der Waals surface area (Å²) < 4.78 is 23.2. The Morgan fingerprint density at radius 2 is 2.17 bits per heavy atom. The quantitative estimate of drug-likeness (QED) is 0.849. The van der Waals surface area contributed by atoms with Crippen molar-refractivity contribution in [2.45, 2.75) is 12.8 Å². The van der Waals surface area contributed by atoms with Crippen LogP contribution in [0.3, 0.4) is 0 Å². The molecule has 0 bridgehead atoms. The van der Waals surface area contributed by atoms with E-state index in [0.29, 0.717) is 19.5 Å². The number of rotatable bonds is 3. The molecule has 0 saturated carbocycles. The van der Waals surface area contributed by atoms with Gasteiger partial charge in [0, 0.05) is 19.3 Å². The molecule has 2 N–H and O–H groups in total. The van der Waals surface area contributed by atoms with Crippen LogP contribution in [0.1, 0.15) is 12.0 Å². The molecule has 1 fully saturated rings. The molecule has 0 unspecified atom stereocenters. The highest BCUT2D eigenvalue weighted by Crippen LogP contribution is 2.19. The van der Waals surface area contributed by atoms with Gasteiger partial charge < -0.3 is 10.6 Å². The zero-order chi connectivity index (χ0) is 13.0. The second-order valence-electron chi connectivity index (χ2n) is 4.52. The Morgan fingerprint density at radius 1 is 1.33 bits per heavy atom. The maximum Gasteiger partial charge on any atom is 0.152 e. The molecule has 18 heavy (non-hydrogen) atoms. The molecule has 1 aromatic heterocycles. The number of sulfone groups is 1. The summed E-state index contributed by atoms with van der Waals surface area (Å²) in [6.07, 6.45) is 3.18. The fourth-order valence-corrected chi connectivity index (χ4v) is 3.49. The fraction of sp³-hybridized carbons (Fsp3) is 0.583. The molecule has 1 saturated heterocycles. The molecule has 0 aromatic carbocycles. The first-order valence-electron chi connectivity index (χ1n) is 6.22. The summed E-state index contributed by atoms with van der Waals surface area (Å²) in [6, 6.07) is 3.90. The fourth-order valence-electron chi connectivity index (χ4n) is 2.22. The van der Waals surface area contributed by atoms with E-state index in [0.717, 1.165) is 24.3 Å². The van der Waals surface area contributed by atoms with Crippen LogP contribution in [0.2, 0.25) is 0 Å². The minimum atomic E-state index is -2.88. The van der Waals surface area contributed by atoms with Gasteiger partial charge in [-0.25, -0.2) is 13.4 Å². The first kappa shape index (κ1) is 13.3. The number of anilines is 1. The Balaban J connectivity index is 2.20. The number of nitrogens with two attached hydrogens (primary N) is 1. The zero-order valence-corrected chi connectivity index (χ0v) is 11.2. The van der Waals surface area contributed by atoms with Gasteiger partial charge in [-0.3, -0.25) is 0 Å². The number of hydrogen-bond acceptors (Lipinski definition) is 5. The van der Waals surface area contributed by atoms with Gasteiger partial charge in [-0.05, 0) is 31.0 Å². The average molecular weight is 269 g/mol. The minimum Gasteiger partial charge on any atom is -0.355 e. The molecule has 2 heterocycles. The summed E-state index contributed by atoms with van der Waals surface area (Å²) >= 11 is 0. The van der Waals surface area contributed by atoms with Gasteiger partial charge >= 0.3 is 0 Å². The van der Waals surface area contributed by atoms with Gasteiger partial charge in [0.2, 0.25) is 0 Å². The van der Waals surface area contributed by atoms with Gasteiger partial charge in [-0.2, -0.15) is 0 Å². The molecular weight excluding hydrogens is 250 g/mol. The number of nitrogens with zero attached hydrogens (tertiary/aromatic N) is 2. The van der Waals surface area contributed by atoms with E-state index in [4.69, 9.17) is 5.73 Å². The topological polar surface area (TPSA) is 76.3 Å². The lowest BCUT2D eigenvalue weighted by atomic mass is 10.1. The van der Waals surface area contributed by atoms with E-state index in [9.17, 15) is 8.42 Å². The minimum absolute atomic E-state index is 0.214. The summed E-state index contributed by atoms with van der Waals surface area (Å²) in [5, 5.41) is 0. The van der Waals surface area contributed by atoms with Crippen LogP contribution in [0, 0.1) is 0 Å². The Morgan fingerprint density at radius 3 is 2.94 bits per heavy atom. The number of aromatic nitrogens is 1. The third-order valence-corrected chi connectivity index (χ3v) is 4.85. The standard InChI is InChI=1S/C12H19N3O2S/c13-5-4-11-3-1-6-14-12(11)15-7-2-9-18(16,17)10-8-15/h1,3,6H,2,4-5,7-10,13H2. The molecule has 2 rings (SSSR count). The highest BCUT2D eigenvalue weighted by molar-refractivity contribution is 7.91. The molecular formula is C12H19N3O2S. The maximum absolute atomic E-state index is 11.6. The van der Waals surface area contributed by atoms with Crippen LogP contribution in [0.15, 0.2) is 18.3 Å².